The van der Waals surface area contributed by atoms with Gasteiger partial charge in [0.1, 0.15) is 6.29 Å². The van der Waals surface area contributed by atoms with Crippen LogP contribution in [0, 0.1) is 0 Å². The fraction of sp³-hybridized carbons (Fsp3) is 0.364. The number of aldehydes is 1. The smallest absolute Gasteiger partial charge is 0.280 e. The predicted octanol–water partition coefficient (Wildman–Crippen LogP) is 0.0473. The van der Waals surface area contributed by atoms with E-state index in [4.69, 9.17) is 5.73 Å². The molecule has 1 heterocycles. The van der Waals surface area contributed by atoms with Gasteiger partial charge in [-0.15, -0.1) is 0 Å². The molecule has 2 unspecified atom stereocenters. The molecule has 1 aliphatic heterocycles. The Morgan fingerprint density at radius 1 is 1.44 bits per heavy atom. The minimum absolute atomic E-state index is 0.150. The molecule has 0 radical (unpaired) electrons. The first-order chi connectivity index (χ1) is 8.44. The lowest BCUT2D eigenvalue weighted by atomic mass is 10.1. The molecule has 6 nitrogen and oxygen atoms in total. The molecular formula is C11H15N3O3S. The summed E-state index contributed by atoms with van der Waals surface area (Å²) < 4.78 is 27.3. The third kappa shape index (κ3) is 2.38. The Balaban J connectivity index is 2.26. The van der Waals surface area contributed by atoms with Gasteiger partial charge in [-0.2, -0.15) is 17.4 Å². The van der Waals surface area contributed by atoms with Crippen LogP contribution in [0.1, 0.15) is 18.5 Å². The highest BCUT2D eigenvalue weighted by Gasteiger charge is 2.38. The molecule has 0 aliphatic carbocycles. The van der Waals surface area contributed by atoms with Gasteiger partial charge in [-0.1, -0.05) is 12.1 Å². The first kappa shape index (κ1) is 13.0. The topological polar surface area (TPSA) is 92.5 Å². The molecule has 1 aromatic rings. The molecule has 1 aromatic carbocycles. The second-order valence-corrected chi connectivity index (χ2v) is 5.93. The van der Waals surface area contributed by atoms with Crippen LogP contribution in [-0.2, 0) is 15.0 Å². The van der Waals surface area contributed by atoms with E-state index < -0.39 is 16.3 Å². The molecule has 0 bridgehead atoms. The maximum Gasteiger partial charge on any atom is 0.280 e. The van der Waals surface area contributed by atoms with Gasteiger partial charge in [0.2, 0.25) is 0 Å². The van der Waals surface area contributed by atoms with Crippen molar-refractivity contribution in [2.24, 2.45) is 0 Å². The third-order valence-corrected chi connectivity index (χ3v) is 4.68. The van der Waals surface area contributed by atoms with Gasteiger partial charge in [0.25, 0.3) is 10.2 Å². The van der Waals surface area contributed by atoms with Crippen LogP contribution in [0.15, 0.2) is 24.3 Å². The van der Waals surface area contributed by atoms with Gasteiger partial charge in [-0.05, 0) is 24.6 Å². The second kappa shape index (κ2) is 4.68. The summed E-state index contributed by atoms with van der Waals surface area (Å²) in [5.41, 5.74) is 7.05. The number of nitrogens with zero attached hydrogens (tertiary/aromatic N) is 1. The molecule has 1 saturated heterocycles. The van der Waals surface area contributed by atoms with E-state index in [0.717, 1.165) is 5.56 Å². The van der Waals surface area contributed by atoms with Crippen LogP contribution < -0.4 is 10.5 Å². The number of carbonyl (C=O) groups is 1. The Morgan fingerprint density at radius 3 is 2.56 bits per heavy atom. The molecule has 18 heavy (non-hydrogen) atoms. The van der Waals surface area contributed by atoms with Crippen LogP contribution >= 0.6 is 0 Å². The summed E-state index contributed by atoms with van der Waals surface area (Å²) in [5, 5.41) is 0. The van der Waals surface area contributed by atoms with Gasteiger partial charge in [0.05, 0.1) is 6.04 Å². The maximum absolute atomic E-state index is 11.8. The molecule has 0 spiro atoms. The van der Waals surface area contributed by atoms with Crippen molar-refractivity contribution in [2.45, 2.75) is 19.0 Å². The molecule has 0 amide bonds. The number of benzene rings is 1. The van der Waals surface area contributed by atoms with E-state index in [1.54, 1.807) is 31.2 Å². The lowest BCUT2D eigenvalue weighted by Gasteiger charge is -2.22. The zero-order valence-corrected chi connectivity index (χ0v) is 10.7. The summed E-state index contributed by atoms with van der Waals surface area (Å²) in [7, 11) is -3.59. The second-order valence-electron chi connectivity index (χ2n) is 4.28. The Bertz CT molecular complexity index is 541. The molecule has 2 atom stereocenters. The Morgan fingerprint density at radius 2 is 2.06 bits per heavy atom. The number of nitrogens with two attached hydrogens (primary N) is 1. The normalized spacial score (nSPS) is 24.8. The highest BCUT2D eigenvalue weighted by atomic mass is 32.2. The summed E-state index contributed by atoms with van der Waals surface area (Å²) in [6, 6.07) is 5.99. The first-order valence-electron chi connectivity index (χ1n) is 5.54. The van der Waals surface area contributed by atoms with Crippen molar-refractivity contribution in [3.63, 3.8) is 0 Å². The minimum Gasteiger partial charge on any atom is -0.399 e. The molecule has 0 aromatic heterocycles. The van der Waals surface area contributed by atoms with Crippen molar-refractivity contribution in [3.05, 3.63) is 29.8 Å². The lowest BCUT2D eigenvalue weighted by Crippen LogP contribution is -2.32. The van der Waals surface area contributed by atoms with Crippen molar-refractivity contribution in [1.82, 2.24) is 9.03 Å². The van der Waals surface area contributed by atoms with E-state index >= 15 is 0 Å². The SMILES string of the molecule is CC(c1ccc(N)cc1)N1CC(C=O)NS1(=O)=O. The zero-order valence-electron chi connectivity index (χ0n) is 9.91. The molecule has 3 N–H and O–H groups in total. The van der Waals surface area contributed by atoms with E-state index in [1.165, 1.54) is 4.31 Å². The molecule has 98 valence electrons. The van der Waals surface area contributed by atoms with Gasteiger partial charge in [0, 0.05) is 18.3 Å². The van der Waals surface area contributed by atoms with E-state index in [2.05, 4.69) is 4.72 Å². The van der Waals surface area contributed by atoms with Gasteiger partial charge < -0.3 is 10.5 Å². The highest BCUT2D eigenvalue weighted by molar-refractivity contribution is 7.87. The maximum atomic E-state index is 11.8. The van der Waals surface area contributed by atoms with Crippen LogP contribution in [0.25, 0.3) is 0 Å². The zero-order chi connectivity index (χ0) is 13.3. The fourth-order valence-corrected chi connectivity index (χ4v) is 3.51. The number of hydrogen-bond donors (Lipinski definition) is 2. The summed E-state index contributed by atoms with van der Waals surface area (Å²) in [6.07, 6.45) is 0.604. The van der Waals surface area contributed by atoms with Crippen molar-refractivity contribution in [2.75, 3.05) is 12.3 Å². The van der Waals surface area contributed by atoms with Crippen molar-refractivity contribution >= 4 is 22.2 Å². The Labute approximate surface area is 106 Å². The van der Waals surface area contributed by atoms with Gasteiger partial charge in [0.15, 0.2) is 0 Å². The third-order valence-electron chi connectivity index (χ3n) is 3.00. The lowest BCUT2D eigenvalue weighted by molar-refractivity contribution is -0.109. The van der Waals surface area contributed by atoms with Crippen LogP contribution in [0.3, 0.4) is 0 Å². The number of carbonyl (C=O) groups excluding carboxylic acids is 1. The number of nitrogen functional groups attached to an aromatic ring is 1. The van der Waals surface area contributed by atoms with Gasteiger partial charge in [-0.25, -0.2) is 0 Å². The molecule has 1 fully saturated rings. The van der Waals surface area contributed by atoms with E-state index in [-0.39, 0.29) is 12.6 Å². The largest absolute Gasteiger partial charge is 0.399 e. The standard InChI is InChI=1S/C11H15N3O3S/c1-8(9-2-4-10(12)5-3-9)14-6-11(7-15)13-18(14,16)17/h2-5,7-8,11,13H,6,12H2,1H3. The van der Waals surface area contributed by atoms with Crippen LogP contribution in [-0.4, -0.2) is 31.6 Å². The van der Waals surface area contributed by atoms with E-state index in [1.807, 2.05) is 0 Å². The summed E-state index contributed by atoms with van der Waals surface area (Å²) >= 11 is 0. The summed E-state index contributed by atoms with van der Waals surface area (Å²) in [4.78, 5) is 10.7. The fourth-order valence-electron chi connectivity index (χ4n) is 1.97. The van der Waals surface area contributed by atoms with Gasteiger partial charge in [-0.3, -0.25) is 0 Å². The predicted molar refractivity (Wildman–Crippen MR) is 67.9 cm³/mol. The van der Waals surface area contributed by atoms with Crippen LogP contribution in [0.4, 0.5) is 5.69 Å². The van der Waals surface area contributed by atoms with Crippen LogP contribution in [0.5, 0.6) is 0 Å². The average molecular weight is 269 g/mol. The van der Waals surface area contributed by atoms with Gasteiger partial charge >= 0.3 is 0 Å². The van der Waals surface area contributed by atoms with Crippen LogP contribution in [0.2, 0.25) is 0 Å². The Kier molecular flexibility index (Phi) is 3.38. The average Bonchev–Trinajstić information content (AvgIpc) is 2.64. The highest BCUT2D eigenvalue weighted by Crippen LogP contribution is 2.26. The summed E-state index contributed by atoms with van der Waals surface area (Å²) in [5.74, 6) is 0. The molecule has 7 heteroatoms. The number of anilines is 1. The molecule has 2 rings (SSSR count). The molecule has 1 aliphatic rings. The first-order valence-corrected chi connectivity index (χ1v) is 6.98. The monoisotopic (exact) mass is 269 g/mol. The van der Waals surface area contributed by atoms with E-state index in [0.29, 0.717) is 12.0 Å². The van der Waals surface area contributed by atoms with Crippen molar-refractivity contribution in [1.29, 1.82) is 0 Å². The molecule has 0 saturated carbocycles. The van der Waals surface area contributed by atoms with E-state index in [9.17, 15) is 13.2 Å². The quantitative estimate of drug-likeness (QED) is 0.599. The number of hydrogen-bond acceptors (Lipinski definition) is 4. The molecular weight excluding hydrogens is 254 g/mol. The minimum atomic E-state index is -3.59. The number of rotatable bonds is 3. The summed E-state index contributed by atoms with van der Waals surface area (Å²) in [6.45, 7) is 1.93. The Hall–Kier alpha value is -1.44. The number of nitrogens with one attached hydrogen (secondary N) is 1. The van der Waals surface area contributed by atoms with Crippen molar-refractivity contribution in [3.8, 4) is 0 Å². The van der Waals surface area contributed by atoms with Crippen molar-refractivity contribution < 1.29 is 13.2 Å².